The van der Waals surface area contributed by atoms with Crippen molar-refractivity contribution in [3.63, 3.8) is 0 Å². The molecule has 55 heavy (non-hydrogen) atoms. The number of alkyl carbamates (subject to hydrolysis) is 1. The molecule has 1 unspecified atom stereocenters. The van der Waals surface area contributed by atoms with Crippen molar-refractivity contribution in [1.82, 2.24) is 35.7 Å². The summed E-state index contributed by atoms with van der Waals surface area (Å²) in [6.07, 6.45) is 2.93. The number of hydrogen-bond acceptors (Lipinski definition) is 10. The highest BCUT2D eigenvalue weighted by Crippen LogP contribution is 2.21. The highest BCUT2D eigenvalue weighted by atomic mass is 32.1. The van der Waals surface area contributed by atoms with Gasteiger partial charge >= 0.3 is 12.1 Å². The Balaban J connectivity index is 1.30. The molecule has 294 valence electrons. The number of likely N-dealkylation sites (tertiary alicyclic amines) is 1. The third-order valence-corrected chi connectivity index (χ3v) is 11.3. The normalized spacial score (nSPS) is 15.7. The molecule has 4 aromatic rings. The van der Waals surface area contributed by atoms with Gasteiger partial charge < -0.3 is 35.6 Å². The number of nitrogens with one attached hydrogen (secondary N) is 3. The monoisotopic (exact) mass is 789 g/mol. The lowest BCUT2D eigenvalue weighted by atomic mass is 9.95. The molecule has 0 radical (unpaired) electrons. The summed E-state index contributed by atoms with van der Waals surface area (Å²) < 4.78 is 5.50. The van der Waals surface area contributed by atoms with Crippen molar-refractivity contribution in [2.75, 3.05) is 13.6 Å². The third-order valence-electron chi connectivity index (χ3n) is 9.39. The molecule has 4 N–H and O–H groups in total. The van der Waals surface area contributed by atoms with Gasteiger partial charge in [0.15, 0.2) is 0 Å². The van der Waals surface area contributed by atoms with E-state index in [4.69, 9.17) is 4.74 Å². The van der Waals surface area contributed by atoms with Crippen molar-refractivity contribution in [3.8, 4) is 0 Å². The zero-order valence-corrected chi connectivity index (χ0v) is 33.2. The first-order valence-electron chi connectivity index (χ1n) is 18.7. The van der Waals surface area contributed by atoms with Crippen molar-refractivity contribution >= 4 is 46.6 Å². The first-order chi connectivity index (χ1) is 26.5. The minimum Gasteiger partial charge on any atom is -0.444 e. The molecule has 15 heteroatoms. The minimum atomic E-state index is -1.00. The molecule has 0 saturated carbocycles. The van der Waals surface area contributed by atoms with Crippen LogP contribution in [0.2, 0.25) is 0 Å². The molecule has 1 fully saturated rings. The van der Waals surface area contributed by atoms with Crippen LogP contribution in [0, 0.1) is 0 Å². The van der Waals surface area contributed by atoms with E-state index >= 15 is 0 Å². The van der Waals surface area contributed by atoms with Gasteiger partial charge in [-0.15, -0.1) is 22.7 Å². The van der Waals surface area contributed by atoms with Crippen LogP contribution in [-0.4, -0.2) is 86.8 Å². The van der Waals surface area contributed by atoms with E-state index in [1.54, 1.807) is 30.1 Å². The van der Waals surface area contributed by atoms with Crippen LogP contribution >= 0.6 is 22.7 Å². The molecule has 1 saturated heterocycles. The number of hydrogen-bond donors (Lipinski definition) is 4. The second-order valence-electron chi connectivity index (χ2n) is 14.1. The molecule has 4 atom stereocenters. The van der Waals surface area contributed by atoms with E-state index < -0.39 is 30.3 Å². The summed E-state index contributed by atoms with van der Waals surface area (Å²) in [6.45, 7) is 4.60. The summed E-state index contributed by atoms with van der Waals surface area (Å²) in [5.41, 5.74) is 4.50. The Morgan fingerprint density at radius 1 is 0.945 bits per heavy atom. The minimum absolute atomic E-state index is 0.0992. The van der Waals surface area contributed by atoms with E-state index in [1.165, 1.54) is 21.1 Å². The zero-order chi connectivity index (χ0) is 39.2. The summed E-state index contributed by atoms with van der Waals surface area (Å²) in [7, 11) is 1.65. The maximum atomic E-state index is 14.2. The number of ether oxygens (including phenoxy) is 1. The van der Waals surface area contributed by atoms with E-state index in [0.717, 1.165) is 26.7 Å². The molecule has 2 aromatic carbocycles. The summed E-state index contributed by atoms with van der Waals surface area (Å²) >= 11 is 2.95. The van der Waals surface area contributed by atoms with Crippen LogP contribution in [0.25, 0.3) is 0 Å². The van der Waals surface area contributed by atoms with E-state index in [2.05, 4.69) is 39.8 Å². The fraction of sp³-hybridized carbons (Fsp3) is 0.450. The van der Waals surface area contributed by atoms with Crippen molar-refractivity contribution in [2.24, 2.45) is 0 Å². The van der Waals surface area contributed by atoms with Gasteiger partial charge in [0, 0.05) is 56.0 Å². The molecule has 3 heterocycles. The first kappa shape index (κ1) is 41.3. The van der Waals surface area contributed by atoms with Gasteiger partial charge in [0.25, 0.3) is 0 Å². The van der Waals surface area contributed by atoms with Gasteiger partial charge in [-0.2, -0.15) is 0 Å². The number of rotatable bonds is 19. The van der Waals surface area contributed by atoms with Gasteiger partial charge in [-0.3, -0.25) is 14.6 Å². The molecular formula is C40H51N7O6S2. The van der Waals surface area contributed by atoms with Crippen LogP contribution in [0.1, 0.15) is 78.6 Å². The Morgan fingerprint density at radius 3 is 2.16 bits per heavy atom. The van der Waals surface area contributed by atoms with E-state index in [9.17, 15) is 24.3 Å². The van der Waals surface area contributed by atoms with E-state index in [-0.39, 0.29) is 56.4 Å². The Hall–Kier alpha value is -4.86. The molecular weight excluding hydrogens is 739 g/mol. The molecule has 1 aliphatic rings. The molecule has 5 amide bonds. The fourth-order valence-corrected chi connectivity index (χ4v) is 7.71. The van der Waals surface area contributed by atoms with Crippen molar-refractivity contribution in [3.05, 3.63) is 104 Å². The predicted molar refractivity (Wildman–Crippen MR) is 212 cm³/mol. The van der Waals surface area contributed by atoms with Crippen LogP contribution in [0.15, 0.2) is 77.8 Å². The smallest absolute Gasteiger partial charge is 0.407 e. The average molecular weight is 790 g/mol. The van der Waals surface area contributed by atoms with Gasteiger partial charge in [-0.05, 0) is 43.2 Å². The van der Waals surface area contributed by atoms with Crippen LogP contribution < -0.4 is 16.0 Å². The number of aromatic nitrogens is 2. The molecule has 5 rings (SSSR count). The lowest BCUT2D eigenvalue weighted by Crippen LogP contribution is -2.54. The number of nitrogens with zero attached hydrogens (tertiary/aromatic N) is 4. The quantitative estimate of drug-likeness (QED) is 0.0952. The van der Waals surface area contributed by atoms with Crippen molar-refractivity contribution in [2.45, 2.75) is 102 Å². The number of aliphatic hydroxyl groups is 1. The van der Waals surface area contributed by atoms with Crippen LogP contribution in [0.4, 0.5) is 9.59 Å². The van der Waals surface area contributed by atoms with Gasteiger partial charge in [0.05, 0.1) is 27.6 Å². The number of aliphatic hydroxyl groups excluding tert-OH is 1. The van der Waals surface area contributed by atoms with Crippen LogP contribution in [-0.2, 0) is 40.3 Å². The van der Waals surface area contributed by atoms with Gasteiger partial charge in [0.1, 0.15) is 18.9 Å². The second-order valence-corrected chi connectivity index (χ2v) is 16.0. The largest absolute Gasteiger partial charge is 0.444 e. The topological polar surface area (TPSA) is 166 Å². The van der Waals surface area contributed by atoms with Gasteiger partial charge in [-0.1, -0.05) is 74.5 Å². The zero-order valence-electron chi connectivity index (χ0n) is 31.6. The Labute approximate surface area is 330 Å². The maximum absolute atomic E-state index is 14.2. The standard InChI is InChI=1S/C40H51N7O6S2/c1-27(2)38-43-32(25-54-38)23-46(3)39(51)45-34(18-19-47-35(48)16-17-36(47)49)37(50)42-30(20-28-10-6-4-7-11-28)14-15-31(21-29-12-8-5-9-13-29)44-40(52)53-24-33-22-41-26-55-33/h4-13,22,25-27,30-31,34-35,48H,14-21,23-24H2,1-3H3,(H,42,50)(H,44,52)(H,45,51)/t30-,31-,34-,35?/m0/s1. The second kappa shape index (κ2) is 20.7. The lowest BCUT2D eigenvalue weighted by molar-refractivity contribution is -0.134. The van der Waals surface area contributed by atoms with E-state index in [1.807, 2.05) is 66.0 Å². The van der Waals surface area contributed by atoms with Crippen LogP contribution in [0.5, 0.6) is 0 Å². The van der Waals surface area contributed by atoms with Crippen molar-refractivity contribution in [1.29, 1.82) is 0 Å². The fourth-order valence-electron chi connectivity index (χ4n) is 6.37. The average Bonchev–Trinajstić information content (AvgIpc) is 3.94. The molecule has 0 spiro atoms. The summed E-state index contributed by atoms with van der Waals surface area (Å²) in [6, 6.07) is 17.5. The third kappa shape index (κ3) is 13.1. The number of carbonyl (C=O) groups excluding carboxylic acids is 4. The Morgan fingerprint density at radius 2 is 1.60 bits per heavy atom. The first-order valence-corrected chi connectivity index (χ1v) is 20.4. The summed E-state index contributed by atoms with van der Waals surface area (Å²) in [4.78, 5) is 65.6. The predicted octanol–water partition coefficient (Wildman–Crippen LogP) is 5.61. The molecule has 2 aromatic heterocycles. The number of benzene rings is 2. The lowest BCUT2D eigenvalue weighted by Gasteiger charge is -2.28. The maximum Gasteiger partial charge on any atom is 0.407 e. The van der Waals surface area contributed by atoms with Gasteiger partial charge in [-0.25, -0.2) is 14.6 Å². The molecule has 0 aliphatic carbocycles. The summed E-state index contributed by atoms with van der Waals surface area (Å²) in [5.74, 6) is -0.328. The summed E-state index contributed by atoms with van der Waals surface area (Å²) in [5, 5.41) is 22.5. The number of thiazole rings is 2. The Bertz CT molecular complexity index is 1810. The van der Waals surface area contributed by atoms with Gasteiger partial charge in [0.2, 0.25) is 11.8 Å². The highest BCUT2D eigenvalue weighted by Gasteiger charge is 2.32. The molecule has 0 bridgehead atoms. The number of amides is 5. The van der Waals surface area contributed by atoms with Crippen molar-refractivity contribution < 1.29 is 29.0 Å². The molecule has 1 aliphatic heterocycles. The Kier molecular flexibility index (Phi) is 15.6. The molecule has 13 nitrogen and oxygen atoms in total. The van der Waals surface area contributed by atoms with Crippen LogP contribution in [0.3, 0.4) is 0 Å². The number of urea groups is 1. The SMILES string of the molecule is CC(C)c1nc(CN(C)C(=O)N[C@@H](CCN2C(=O)CCC2O)C(=O)N[C@@H](CC[C@@H](Cc2ccccc2)NC(=O)OCc2cncs2)Cc2ccccc2)cs1. The number of carbonyl (C=O) groups is 4. The highest BCUT2D eigenvalue weighted by molar-refractivity contribution is 7.09. The van der Waals surface area contributed by atoms with E-state index in [0.29, 0.717) is 32.1 Å².